The van der Waals surface area contributed by atoms with Gasteiger partial charge in [-0.1, -0.05) is 61.4 Å². The number of amides is 1. The largest absolute Gasteiger partial charge is 0.465 e. The fourth-order valence-corrected chi connectivity index (χ4v) is 6.74. The molecule has 2 aliphatic rings. The van der Waals surface area contributed by atoms with Crippen LogP contribution in [0.4, 0.5) is 4.39 Å². The maximum atomic E-state index is 13.4. The van der Waals surface area contributed by atoms with Crippen molar-refractivity contribution in [3.05, 3.63) is 125 Å². The average molecular weight is 620 g/mol. The molecular weight excluding hydrogens is 581 g/mol. The van der Waals surface area contributed by atoms with Gasteiger partial charge in [0.25, 0.3) is 0 Å². The predicted molar refractivity (Wildman–Crippen MR) is 173 cm³/mol. The highest BCUT2D eigenvalue weighted by Crippen LogP contribution is 2.44. The summed E-state index contributed by atoms with van der Waals surface area (Å²) in [6.45, 7) is 0.914. The Hall–Kier alpha value is -4.69. The van der Waals surface area contributed by atoms with Gasteiger partial charge >= 0.3 is 5.97 Å². The first-order valence-electron chi connectivity index (χ1n) is 16.1. The number of aromatic nitrogens is 1. The average Bonchev–Trinajstić information content (AvgIpc) is 3.70. The Morgan fingerprint density at radius 1 is 0.891 bits per heavy atom. The summed E-state index contributed by atoms with van der Waals surface area (Å²) in [7, 11) is 0. The standard InChI is InChI=1S/C38H38FN3O4/c39-28-18-16-25(17-19-28)37(44)27-21-26(22-41-23-27)35-14-8-20-42(35)38(45)34(40)13-2-1-3-15-36(43)46-24-33-31-11-6-4-9-29(31)30-10-5-7-12-32(30)33/h4-7,9-12,16-19,21-23,33-35H,1-3,8,13-15,20,24,40H2/t34-,35-/m0/s1. The van der Waals surface area contributed by atoms with Gasteiger partial charge in [0.2, 0.25) is 5.91 Å². The molecule has 0 spiro atoms. The smallest absolute Gasteiger partial charge is 0.305 e. The fraction of sp³-hybridized carbons (Fsp3) is 0.316. The van der Waals surface area contributed by atoms with E-state index in [4.69, 9.17) is 10.5 Å². The normalized spacial score (nSPS) is 16.1. The minimum absolute atomic E-state index is 0.0447. The molecule has 0 radical (unpaired) electrons. The van der Waals surface area contributed by atoms with Crippen molar-refractivity contribution < 1.29 is 23.5 Å². The number of carbonyl (C=O) groups excluding carboxylic acids is 3. The Labute approximate surface area is 268 Å². The van der Waals surface area contributed by atoms with Crippen LogP contribution in [0.3, 0.4) is 0 Å². The Bertz CT molecular complexity index is 1680. The van der Waals surface area contributed by atoms with E-state index in [1.807, 2.05) is 24.3 Å². The van der Waals surface area contributed by atoms with Crippen LogP contribution in [-0.4, -0.2) is 46.7 Å². The molecule has 46 heavy (non-hydrogen) atoms. The maximum absolute atomic E-state index is 13.4. The molecule has 6 rings (SSSR count). The highest BCUT2D eigenvalue weighted by atomic mass is 19.1. The molecule has 3 aromatic carbocycles. The molecule has 7 nitrogen and oxygen atoms in total. The molecule has 0 unspecified atom stereocenters. The van der Waals surface area contributed by atoms with Crippen LogP contribution in [0.1, 0.15) is 89.5 Å². The molecule has 1 saturated heterocycles. The fourth-order valence-electron chi connectivity index (χ4n) is 6.74. The number of rotatable bonds is 12. The summed E-state index contributed by atoms with van der Waals surface area (Å²) in [5.74, 6) is -0.941. The maximum Gasteiger partial charge on any atom is 0.305 e. The zero-order valence-electron chi connectivity index (χ0n) is 25.7. The number of nitrogens with zero attached hydrogens (tertiary/aromatic N) is 2. The highest BCUT2D eigenvalue weighted by molar-refractivity contribution is 6.08. The number of ketones is 1. The highest BCUT2D eigenvalue weighted by Gasteiger charge is 2.33. The van der Waals surface area contributed by atoms with Crippen molar-refractivity contribution in [3.8, 4) is 11.1 Å². The molecule has 1 amide bonds. The third-order valence-electron chi connectivity index (χ3n) is 9.14. The van der Waals surface area contributed by atoms with Crippen molar-refractivity contribution in [2.75, 3.05) is 13.2 Å². The third-order valence-corrected chi connectivity index (χ3v) is 9.14. The third kappa shape index (κ3) is 6.77. The van der Waals surface area contributed by atoms with E-state index < -0.39 is 11.9 Å². The van der Waals surface area contributed by atoms with Crippen LogP contribution in [-0.2, 0) is 14.3 Å². The second-order valence-electron chi connectivity index (χ2n) is 12.1. The minimum atomic E-state index is -0.646. The molecule has 236 valence electrons. The molecule has 1 aliphatic heterocycles. The number of hydrogen-bond donors (Lipinski definition) is 1. The van der Waals surface area contributed by atoms with E-state index in [1.165, 1.54) is 52.7 Å². The van der Waals surface area contributed by atoms with Crippen LogP contribution >= 0.6 is 0 Å². The van der Waals surface area contributed by atoms with Crippen LogP contribution in [0, 0.1) is 5.82 Å². The Morgan fingerprint density at radius 2 is 1.59 bits per heavy atom. The number of benzene rings is 3. The molecule has 2 N–H and O–H groups in total. The van der Waals surface area contributed by atoms with Gasteiger partial charge in [0, 0.05) is 42.4 Å². The number of fused-ring (bicyclic) bond motifs is 3. The summed E-state index contributed by atoms with van der Waals surface area (Å²) in [6.07, 6.45) is 7.79. The van der Waals surface area contributed by atoms with Crippen molar-refractivity contribution >= 4 is 17.7 Å². The summed E-state index contributed by atoms with van der Waals surface area (Å²) in [5, 5.41) is 0. The van der Waals surface area contributed by atoms with Gasteiger partial charge in [-0.05, 0) is 83.8 Å². The zero-order valence-corrected chi connectivity index (χ0v) is 25.7. The van der Waals surface area contributed by atoms with Crippen molar-refractivity contribution in [1.82, 2.24) is 9.88 Å². The van der Waals surface area contributed by atoms with E-state index in [1.54, 1.807) is 17.2 Å². The van der Waals surface area contributed by atoms with E-state index >= 15 is 0 Å². The van der Waals surface area contributed by atoms with Crippen molar-refractivity contribution in [2.24, 2.45) is 5.73 Å². The number of pyridine rings is 1. The monoisotopic (exact) mass is 619 g/mol. The number of nitrogens with two attached hydrogens (primary N) is 1. The first-order chi connectivity index (χ1) is 22.4. The summed E-state index contributed by atoms with van der Waals surface area (Å²) in [4.78, 5) is 45.0. The minimum Gasteiger partial charge on any atom is -0.465 e. The van der Waals surface area contributed by atoms with Gasteiger partial charge in [-0.3, -0.25) is 19.4 Å². The molecule has 2 atom stereocenters. The Kier molecular flexibility index (Phi) is 9.64. The van der Waals surface area contributed by atoms with Gasteiger partial charge in [0.1, 0.15) is 12.4 Å². The van der Waals surface area contributed by atoms with Crippen LogP contribution in [0.15, 0.2) is 91.3 Å². The predicted octanol–water partition coefficient (Wildman–Crippen LogP) is 6.75. The van der Waals surface area contributed by atoms with Gasteiger partial charge in [0.05, 0.1) is 12.1 Å². The summed E-state index contributed by atoms with van der Waals surface area (Å²) >= 11 is 0. The van der Waals surface area contributed by atoms with Crippen LogP contribution in [0.25, 0.3) is 11.1 Å². The van der Waals surface area contributed by atoms with Crippen molar-refractivity contribution in [1.29, 1.82) is 0 Å². The first-order valence-corrected chi connectivity index (χ1v) is 16.1. The lowest BCUT2D eigenvalue weighted by Gasteiger charge is -2.28. The molecule has 1 aromatic heterocycles. The molecule has 2 heterocycles. The molecule has 0 saturated carbocycles. The number of carbonyl (C=O) groups is 3. The van der Waals surface area contributed by atoms with E-state index in [-0.39, 0.29) is 29.6 Å². The number of unbranched alkanes of at least 4 members (excludes halogenated alkanes) is 2. The van der Waals surface area contributed by atoms with Crippen LogP contribution in [0.5, 0.6) is 0 Å². The Balaban J connectivity index is 0.951. The molecule has 0 bridgehead atoms. The zero-order chi connectivity index (χ0) is 32.0. The van der Waals surface area contributed by atoms with E-state index in [2.05, 4.69) is 29.2 Å². The summed E-state index contributed by atoms with van der Waals surface area (Å²) in [5.41, 5.74) is 12.7. The van der Waals surface area contributed by atoms with E-state index in [0.717, 1.165) is 31.2 Å². The van der Waals surface area contributed by atoms with Gasteiger partial charge in [0.15, 0.2) is 5.78 Å². The SMILES string of the molecule is N[C@@H](CCCCCC(=O)OCC1c2ccccc2-c2ccccc21)C(=O)N1CCC[C@H]1c1cncc(C(=O)c2ccc(F)cc2)c1. The number of halogens is 1. The van der Waals surface area contributed by atoms with Gasteiger partial charge in [-0.2, -0.15) is 0 Å². The lowest BCUT2D eigenvalue weighted by Crippen LogP contribution is -2.43. The quantitative estimate of drug-likeness (QED) is 0.107. The molecule has 4 aromatic rings. The van der Waals surface area contributed by atoms with Crippen molar-refractivity contribution in [2.45, 2.75) is 62.9 Å². The van der Waals surface area contributed by atoms with Gasteiger partial charge < -0.3 is 15.4 Å². The molecule has 1 fully saturated rings. The van der Waals surface area contributed by atoms with Gasteiger partial charge in [-0.15, -0.1) is 0 Å². The summed E-state index contributed by atoms with van der Waals surface area (Å²) < 4.78 is 19.0. The first kappa shape index (κ1) is 31.3. The second kappa shape index (κ2) is 14.2. The number of esters is 1. The number of likely N-dealkylation sites (tertiary alicyclic amines) is 1. The van der Waals surface area contributed by atoms with E-state index in [0.29, 0.717) is 43.5 Å². The second-order valence-corrected chi connectivity index (χ2v) is 12.1. The molecule has 1 aliphatic carbocycles. The number of hydrogen-bond acceptors (Lipinski definition) is 6. The van der Waals surface area contributed by atoms with Gasteiger partial charge in [-0.25, -0.2) is 4.39 Å². The topological polar surface area (TPSA) is 103 Å². The molecular formula is C38H38FN3O4. The summed E-state index contributed by atoms with van der Waals surface area (Å²) in [6, 6.07) is 22.9. The molecule has 8 heteroatoms. The van der Waals surface area contributed by atoms with Crippen molar-refractivity contribution in [3.63, 3.8) is 0 Å². The Morgan fingerprint density at radius 3 is 2.30 bits per heavy atom. The lowest BCUT2D eigenvalue weighted by molar-refractivity contribution is -0.144. The number of ether oxygens (including phenoxy) is 1. The van der Waals surface area contributed by atoms with E-state index in [9.17, 15) is 18.8 Å². The van der Waals surface area contributed by atoms with Crippen LogP contribution in [0.2, 0.25) is 0 Å². The van der Waals surface area contributed by atoms with Crippen LogP contribution < -0.4 is 5.73 Å². The lowest BCUT2D eigenvalue weighted by atomic mass is 9.98.